The quantitative estimate of drug-likeness (QED) is 0.737. The highest BCUT2D eigenvalue weighted by atomic mass is 32.2. The van der Waals surface area contributed by atoms with Gasteiger partial charge in [-0.1, -0.05) is 12.1 Å². The molecule has 3 fully saturated rings. The fourth-order valence-corrected chi connectivity index (χ4v) is 5.38. The maximum atomic E-state index is 13.2. The van der Waals surface area contributed by atoms with E-state index >= 15 is 0 Å². The van der Waals surface area contributed by atoms with Crippen molar-refractivity contribution in [2.24, 2.45) is 0 Å². The first-order chi connectivity index (χ1) is 13.7. The minimum Gasteiger partial charge on any atom is -0.489 e. The molecular weight excluding hydrogens is 373 g/mol. The Morgan fingerprint density at radius 3 is 2.18 bits per heavy atom. The summed E-state index contributed by atoms with van der Waals surface area (Å²) < 4.78 is 19.1. The van der Waals surface area contributed by atoms with Gasteiger partial charge in [0.25, 0.3) is 5.91 Å². The predicted octanol–water partition coefficient (Wildman–Crippen LogP) is 4.87. The molecule has 1 unspecified atom stereocenters. The van der Waals surface area contributed by atoms with Gasteiger partial charge in [0.2, 0.25) is 0 Å². The molecule has 2 aromatic rings. The Hall–Kier alpha value is -2.01. The average Bonchev–Trinajstić information content (AvgIpc) is 2.94. The summed E-state index contributed by atoms with van der Waals surface area (Å²) in [6, 6.07) is 15.1. The molecule has 1 amide bonds. The summed E-state index contributed by atoms with van der Waals surface area (Å²) in [5.41, 5.74) is 1.94. The molecule has 0 aliphatic carbocycles. The molecule has 3 aliphatic rings. The third kappa shape index (κ3) is 3.41. The van der Waals surface area contributed by atoms with Crippen LogP contribution < -0.4 is 4.74 Å². The number of piperidine rings is 1. The van der Waals surface area contributed by atoms with Crippen LogP contribution in [0, 0.1) is 5.82 Å². The Morgan fingerprint density at radius 2 is 1.61 bits per heavy atom. The minimum absolute atomic E-state index is 0.135. The SMILES string of the molecule is O=C(c1ccc(OC2CSC2)cc1)N1[C@@H]2CC[C@H]1CC(c1ccc(F)cc1)C2. The zero-order chi connectivity index (χ0) is 19.1. The average molecular weight is 398 g/mol. The Bertz CT molecular complexity index is 836. The Balaban J connectivity index is 1.27. The maximum Gasteiger partial charge on any atom is 0.254 e. The van der Waals surface area contributed by atoms with Crippen molar-refractivity contribution in [3.8, 4) is 5.75 Å². The van der Waals surface area contributed by atoms with Crippen LogP contribution in [0.5, 0.6) is 5.75 Å². The van der Waals surface area contributed by atoms with Gasteiger partial charge in [-0.2, -0.15) is 11.8 Å². The zero-order valence-electron chi connectivity index (χ0n) is 15.7. The lowest BCUT2D eigenvalue weighted by molar-refractivity contribution is 0.0571. The summed E-state index contributed by atoms with van der Waals surface area (Å²) in [6.45, 7) is 0. The van der Waals surface area contributed by atoms with Crippen LogP contribution in [0.25, 0.3) is 0 Å². The third-order valence-electron chi connectivity index (χ3n) is 6.32. The standard InChI is InChI=1S/C23H24FNO2S/c24-18-5-1-15(2-6-18)17-11-19-7-8-20(12-17)25(19)23(26)16-3-9-21(10-4-16)27-22-13-28-14-22/h1-6,9-10,17,19-20,22H,7-8,11-14H2/t17?,19-,20+. The molecule has 0 spiro atoms. The van der Waals surface area contributed by atoms with Gasteiger partial charge in [-0.15, -0.1) is 0 Å². The molecule has 0 radical (unpaired) electrons. The van der Waals surface area contributed by atoms with Gasteiger partial charge in [-0.25, -0.2) is 4.39 Å². The van der Waals surface area contributed by atoms with Gasteiger partial charge in [-0.05, 0) is 73.6 Å². The molecule has 0 saturated carbocycles. The molecule has 3 saturated heterocycles. The van der Waals surface area contributed by atoms with Crippen LogP contribution in [-0.2, 0) is 0 Å². The third-order valence-corrected chi connectivity index (χ3v) is 7.54. The number of carbonyl (C=O) groups excluding carboxylic acids is 1. The highest BCUT2D eigenvalue weighted by Gasteiger charge is 2.43. The van der Waals surface area contributed by atoms with Gasteiger partial charge >= 0.3 is 0 Å². The van der Waals surface area contributed by atoms with E-state index in [4.69, 9.17) is 4.74 Å². The van der Waals surface area contributed by atoms with E-state index in [-0.39, 0.29) is 23.8 Å². The Morgan fingerprint density at radius 1 is 0.964 bits per heavy atom. The van der Waals surface area contributed by atoms with Gasteiger partial charge in [0.1, 0.15) is 17.7 Å². The van der Waals surface area contributed by atoms with Crippen LogP contribution >= 0.6 is 11.8 Å². The van der Waals surface area contributed by atoms with E-state index in [0.29, 0.717) is 12.0 Å². The van der Waals surface area contributed by atoms with E-state index in [2.05, 4.69) is 4.90 Å². The van der Waals surface area contributed by atoms with Gasteiger partial charge in [0.05, 0.1) is 0 Å². The number of halogens is 1. The molecule has 146 valence electrons. The van der Waals surface area contributed by atoms with E-state index in [1.807, 2.05) is 48.2 Å². The number of amides is 1. The molecular formula is C23H24FNO2S. The van der Waals surface area contributed by atoms with Crippen molar-refractivity contribution in [3.63, 3.8) is 0 Å². The van der Waals surface area contributed by atoms with Crippen molar-refractivity contribution < 1.29 is 13.9 Å². The number of fused-ring (bicyclic) bond motifs is 2. The number of carbonyl (C=O) groups is 1. The lowest BCUT2D eigenvalue weighted by atomic mass is 9.85. The highest BCUT2D eigenvalue weighted by Crippen LogP contribution is 2.43. The molecule has 0 aromatic heterocycles. The van der Waals surface area contributed by atoms with Crippen molar-refractivity contribution in [1.29, 1.82) is 0 Å². The maximum absolute atomic E-state index is 13.2. The lowest BCUT2D eigenvalue weighted by Gasteiger charge is -2.39. The molecule has 0 N–H and O–H groups in total. The number of thioether (sulfide) groups is 1. The molecule has 3 heterocycles. The first kappa shape index (κ1) is 18.0. The monoisotopic (exact) mass is 397 g/mol. The van der Waals surface area contributed by atoms with E-state index in [1.54, 1.807) is 12.1 Å². The smallest absolute Gasteiger partial charge is 0.254 e. The highest BCUT2D eigenvalue weighted by molar-refractivity contribution is 8.00. The second-order valence-electron chi connectivity index (χ2n) is 8.12. The molecule has 2 aromatic carbocycles. The summed E-state index contributed by atoms with van der Waals surface area (Å²) in [6.07, 6.45) is 4.37. The number of rotatable bonds is 4. The first-order valence-corrected chi connectivity index (χ1v) is 11.3. The van der Waals surface area contributed by atoms with Crippen LogP contribution in [0.1, 0.15) is 47.5 Å². The lowest BCUT2D eigenvalue weighted by Crippen LogP contribution is -2.46. The molecule has 5 rings (SSSR count). The second kappa shape index (κ2) is 7.43. The van der Waals surface area contributed by atoms with Crippen molar-refractivity contribution >= 4 is 17.7 Å². The minimum atomic E-state index is -0.192. The van der Waals surface area contributed by atoms with Gasteiger partial charge in [-0.3, -0.25) is 4.79 Å². The van der Waals surface area contributed by atoms with E-state index in [1.165, 1.54) is 5.56 Å². The van der Waals surface area contributed by atoms with Crippen LogP contribution in [-0.4, -0.2) is 40.5 Å². The second-order valence-corrected chi connectivity index (χ2v) is 9.19. The normalized spacial score (nSPS) is 26.8. The Labute approximate surface area is 169 Å². The number of ether oxygens (including phenoxy) is 1. The van der Waals surface area contributed by atoms with Crippen LogP contribution in [0.4, 0.5) is 4.39 Å². The molecule has 2 bridgehead atoms. The van der Waals surface area contributed by atoms with E-state index < -0.39 is 0 Å². The number of benzene rings is 2. The largest absolute Gasteiger partial charge is 0.489 e. The number of hydrogen-bond acceptors (Lipinski definition) is 3. The molecule has 5 heteroatoms. The van der Waals surface area contributed by atoms with Gasteiger partial charge in [0, 0.05) is 29.2 Å². The zero-order valence-corrected chi connectivity index (χ0v) is 16.5. The van der Waals surface area contributed by atoms with E-state index in [9.17, 15) is 9.18 Å². The summed E-state index contributed by atoms with van der Waals surface area (Å²) in [7, 11) is 0. The summed E-state index contributed by atoms with van der Waals surface area (Å²) in [5.74, 6) is 3.30. The van der Waals surface area contributed by atoms with Crippen molar-refractivity contribution in [3.05, 3.63) is 65.5 Å². The van der Waals surface area contributed by atoms with Crippen molar-refractivity contribution in [2.75, 3.05) is 11.5 Å². The fraction of sp³-hybridized carbons (Fsp3) is 0.435. The summed E-state index contributed by atoms with van der Waals surface area (Å²) in [5, 5.41) is 0. The van der Waals surface area contributed by atoms with Crippen molar-refractivity contribution in [2.45, 2.75) is 49.8 Å². The summed E-state index contributed by atoms with van der Waals surface area (Å²) >= 11 is 1.89. The Kier molecular flexibility index (Phi) is 4.79. The topological polar surface area (TPSA) is 29.5 Å². The van der Waals surface area contributed by atoms with E-state index in [0.717, 1.165) is 48.5 Å². The number of hydrogen-bond donors (Lipinski definition) is 0. The van der Waals surface area contributed by atoms with Gasteiger partial charge in [0.15, 0.2) is 0 Å². The van der Waals surface area contributed by atoms with Crippen LogP contribution in [0.3, 0.4) is 0 Å². The molecule has 3 nitrogen and oxygen atoms in total. The molecule has 3 atom stereocenters. The predicted molar refractivity (Wildman–Crippen MR) is 110 cm³/mol. The van der Waals surface area contributed by atoms with Crippen LogP contribution in [0.2, 0.25) is 0 Å². The fourth-order valence-electron chi connectivity index (χ4n) is 4.82. The molecule has 28 heavy (non-hydrogen) atoms. The van der Waals surface area contributed by atoms with Crippen LogP contribution in [0.15, 0.2) is 48.5 Å². The van der Waals surface area contributed by atoms with Gasteiger partial charge < -0.3 is 9.64 Å². The number of nitrogens with zero attached hydrogens (tertiary/aromatic N) is 1. The molecule has 3 aliphatic heterocycles. The van der Waals surface area contributed by atoms with Crippen molar-refractivity contribution in [1.82, 2.24) is 4.90 Å². The summed E-state index contributed by atoms with van der Waals surface area (Å²) in [4.78, 5) is 15.3. The first-order valence-electron chi connectivity index (χ1n) is 10.1.